The van der Waals surface area contributed by atoms with Crippen molar-refractivity contribution in [1.82, 2.24) is 15.0 Å². The minimum absolute atomic E-state index is 0.0653. The molecule has 0 spiro atoms. The Kier molecular flexibility index (Phi) is 5.29. The number of nitrogens with zero attached hydrogens (tertiary/aromatic N) is 5. The first-order chi connectivity index (χ1) is 13.7. The summed E-state index contributed by atoms with van der Waals surface area (Å²) < 4.78 is 0. The molecule has 0 amide bonds. The van der Waals surface area contributed by atoms with Gasteiger partial charge in [0.05, 0.1) is 11.0 Å². The number of rotatable bonds is 5. The lowest BCUT2D eigenvalue weighted by molar-refractivity contribution is -0.384. The Bertz CT molecular complexity index is 959. The van der Waals surface area contributed by atoms with Crippen molar-refractivity contribution in [2.24, 2.45) is 0 Å². The minimum atomic E-state index is -0.398. The molecule has 1 atom stereocenters. The number of aromatic nitrogens is 3. The van der Waals surface area contributed by atoms with E-state index in [0.29, 0.717) is 5.82 Å². The third kappa shape index (κ3) is 3.73. The number of hydrogen-bond donors (Lipinski definition) is 0. The lowest BCUT2D eigenvalue weighted by Crippen LogP contribution is -2.34. The van der Waals surface area contributed by atoms with Gasteiger partial charge in [0, 0.05) is 47.6 Å². The predicted molar refractivity (Wildman–Crippen MR) is 110 cm³/mol. The maximum Gasteiger partial charge on any atom is 0.269 e. The lowest BCUT2D eigenvalue weighted by Gasteiger charge is -2.35. The van der Waals surface area contributed by atoms with E-state index in [4.69, 9.17) is 4.98 Å². The fourth-order valence-electron chi connectivity index (χ4n) is 3.53. The van der Waals surface area contributed by atoms with Gasteiger partial charge in [-0.25, -0.2) is 15.0 Å². The summed E-state index contributed by atoms with van der Waals surface area (Å²) in [4.78, 5) is 26.9. The van der Waals surface area contributed by atoms with Crippen LogP contribution in [0.15, 0.2) is 41.9 Å². The Morgan fingerprint density at radius 2 is 2.07 bits per heavy atom. The average molecular weight is 395 g/mol. The Morgan fingerprint density at radius 1 is 1.25 bits per heavy atom. The molecule has 1 unspecified atom stereocenters. The first-order valence-corrected chi connectivity index (χ1v) is 10.3. The molecule has 144 valence electrons. The highest BCUT2D eigenvalue weighted by molar-refractivity contribution is 7.09. The monoisotopic (exact) mass is 395 g/mol. The number of hydrogen-bond acceptors (Lipinski definition) is 7. The smallest absolute Gasteiger partial charge is 0.269 e. The molecule has 0 N–H and O–H groups in total. The summed E-state index contributed by atoms with van der Waals surface area (Å²) in [6.45, 7) is 3.00. The number of thiazole rings is 1. The first-order valence-electron chi connectivity index (χ1n) is 9.44. The molecule has 1 saturated heterocycles. The highest BCUT2D eigenvalue weighted by atomic mass is 32.1. The number of non-ortho nitro benzene ring substituents is 1. The predicted octanol–water partition coefficient (Wildman–Crippen LogP) is 4.80. The van der Waals surface area contributed by atoms with Gasteiger partial charge in [-0.2, -0.15) is 0 Å². The summed E-state index contributed by atoms with van der Waals surface area (Å²) in [5.74, 6) is 1.51. The molecule has 1 aliphatic rings. The molecule has 1 aliphatic heterocycles. The maximum absolute atomic E-state index is 10.9. The van der Waals surface area contributed by atoms with E-state index in [1.54, 1.807) is 23.5 Å². The number of nitro groups is 1. The van der Waals surface area contributed by atoms with E-state index in [0.717, 1.165) is 47.9 Å². The fourth-order valence-corrected chi connectivity index (χ4v) is 4.32. The lowest BCUT2D eigenvalue weighted by atomic mass is 10.0. The topological polar surface area (TPSA) is 85.0 Å². The summed E-state index contributed by atoms with van der Waals surface area (Å²) in [6.07, 6.45) is 6.02. The van der Waals surface area contributed by atoms with Crippen LogP contribution in [0, 0.1) is 10.1 Å². The van der Waals surface area contributed by atoms with Gasteiger partial charge in [-0.15, -0.1) is 11.3 Å². The third-order valence-corrected chi connectivity index (χ3v) is 5.87. The second kappa shape index (κ2) is 8.02. The molecule has 0 radical (unpaired) electrons. The van der Waals surface area contributed by atoms with E-state index in [-0.39, 0.29) is 11.7 Å². The molecule has 0 saturated carbocycles. The van der Waals surface area contributed by atoms with Gasteiger partial charge >= 0.3 is 0 Å². The van der Waals surface area contributed by atoms with Crippen molar-refractivity contribution in [2.75, 3.05) is 11.4 Å². The second-order valence-corrected chi connectivity index (χ2v) is 7.70. The molecule has 0 bridgehead atoms. The Hall–Kier alpha value is -2.87. The molecule has 0 aliphatic carbocycles. The van der Waals surface area contributed by atoms with Crippen LogP contribution in [0.1, 0.15) is 42.9 Å². The van der Waals surface area contributed by atoms with E-state index in [1.807, 2.05) is 11.6 Å². The van der Waals surface area contributed by atoms with Gasteiger partial charge in [0.2, 0.25) is 0 Å². The molecule has 1 aromatic carbocycles. The SMILES string of the molecule is CCc1cc(N2CCCCC2c2nccs2)nc(-c2ccc([N+](=O)[O-])cc2)n1. The largest absolute Gasteiger partial charge is 0.347 e. The number of aryl methyl sites for hydroxylation is 1. The van der Waals surface area contributed by atoms with Crippen LogP contribution in [-0.2, 0) is 6.42 Å². The van der Waals surface area contributed by atoms with Crippen molar-refractivity contribution in [3.63, 3.8) is 0 Å². The quantitative estimate of drug-likeness (QED) is 0.455. The van der Waals surface area contributed by atoms with Gasteiger partial charge in [0.25, 0.3) is 5.69 Å². The zero-order valence-electron chi connectivity index (χ0n) is 15.6. The van der Waals surface area contributed by atoms with Crippen LogP contribution in [0.25, 0.3) is 11.4 Å². The van der Waals surface area contributed by atoms with Crippen molar-refractivity contribution in [3.8, 4) is 11.4 Å². The highest BCUT2D eigenvalue weighted by Gasteiger charge is 2.27. The minimum Gasteiger partial charge on any atom is -0.347 e. The molecular formula is C20H21N5O2S. The molecule has 3 aromatic rings. The second-order valence-electron chi connectivity index (χ2n) is 6.77. The molecule has 8 heteroatoms. The molecule has 3 heterocycles. The van der Waals surface area contributed by atoms with Crippen LogP contribution >= 0.6 is 11.3 Å². The fraction of sp³-hybridized carbons (Fsp3) is 0.350. The van der Waals surface area contributed by atoms with Gasteiger partial charge in [-0.3, -0.25) is 10.1 Å². The number of benzene rings is 1. The summed E-state index contributed by atoms with van der Waals surface area (Å²) >= 11 is 1.68. The average Bonchev–Trinajstić information content (AvgIpc) is 3.28. The molecular weight excluding hydrogens is 374 g/mol. The summed E-state index contributed by atoms with van der Waals surface area (Å²) in [7, 11) is 0. The van der Waals surface area contributed by atoms with Gasteiger partial charge in [-0.1, -0.05) is 6.92 Å². The van der Waals surface area contributed by atoms with Gasteiger partial charge in [-0.05, 0) is 37.8 Å². The summed E-state index contributed by atoms with van der Waals surface area (Å²) in [5, 5.41) is 14.1. The Morgan fingerprint density at radius 3 is 2.75 bits per heavy atom. The van der Waals surface area contributed by atoms with E-state index in [1.165, 1.54) is 18.6 Å². The molecule has 4 rings (SSSR count). The number of nitro benzene ring substituents is 1. The van der Waals surface area contributed by atoms with Crippen molar-refractivity contribution >= 4 is 22.8 Å². The zero-order chi connectivity index (χ0) is 19.5. The summed E-state index contributed by atoms with van der Waals surface area (Å²) in [5.41, 5.74) is 1.81. The summed E-state index contributed by atoms with van der Waals surface area (Å²) in [6, 6.07) is 8.71. The normalized spacial score (nSPS) is 16.9. The van der Waals surface area contributed by atoms with Crippen LogP contribution in [0.2, 0.25) is 0 Å². The van der Waals surface area contributed by atoms with Crippen LogP contribution in [0.3, 0.4) is 0 Å². The molecule has 28 heavy (non-hydrogen) atoms. The van der Waals surface area contributed by atoms with E-state index < -0.39 is 4.92 Å². The maximum atomic E-state index is 10.9. The standard InChI is InChI=1S/C20H21N5O2S/c1-2-15-13-18(24-11-4-3-5-17(24)20-21-10-12-28-20)23-19(22-15)14-6-8-16(9-7-14)25(26)27/h6-10,12-13,17H,2-5,11H2,1H3. The third-order valence-electron chi connectivity index (χ3n) is 5.00. The number of piperidine rings is 1. The van der Waals surface area contributed by atoms with Crippen LogP contribution in [0.4, 0.5) is 11.5 Å². The number of anilines is 1. The van der Waals surface area contributed by atoms with Gasteiger partial charge in [0.1, 0.15) is 10.8 Å². The van der Waals surface area contributed by atoms with E-state index in [2.05, 4.69) is 27.9 Å². The van der Waals surface area contributed by atoms with E-state index in [9.17, 15) is 10.1 Å². The van der Waals surface area contributed by atoms with Crippen molar-refractivity contribution in [1.29, 1.82) is 0 Å². The van der Waals surface area contributed by atoms with Gasteiger partial charge < -0.3 is 4.90 Å². The van der Waals surface area contributed by atoms with Crippen LogP contribution in [-0.4, -0.2) is 26.4 Å². The van der Waals surface area contributed by atoms with Gasteiger partial charge in [0.15, 0.2) is 5.82 Å². The molecule has 7 nitrogen and oxygen atoms in total. The Balaban J connectivity index is 1.72. The Labute approximate surface area is 167 Å². The highest BCUT2D eigenvalue weighted by Crippen LogP contribution is 2.36. The van der Waals surface area contributed by atoms with Crippen LogP contribution in [0.5, 0.6) is 0 Å². The van der Waals surface area contributed by atoms with Crippen molar-refractivity contribution in [2.45, 2.75) is 38.6 Å². The van der Waals surface area contributed by atoms with E-state index >= 15 is 0 Å². The first kappa shape index (κ1) is 18.5. The molecule has 2 aromatic heterocycles. The van der Waals surface area contributed by atoms with Crippen molar-refractivity contribution in [3.05, 3.63) is 62.7 Å². The molecule has 1 fully saturated rings. The van der Waals surface area contributed by atoms with Crippen molar-refractivity contribution < 1.29 is 4.92 Å². The zero-order valence-corrected chi connectivity index (χ0v) is 16.4. The van der Waals surface area contributed by atoms with Crippen LogP contribution < -0.4 is 4.90 Å².